The standard InChI is InChI=1S/C24H21N5O6S/c1-4-34-20-11-15(10-17(13-25)21(30)26-24-28-27-22(36-24)14(2)3)8-9-19(20)35-23(31)16-6-5-7-18(12-16)29(32)33/h5-12,14H,4H2,1-3H3,(H,26,28,30)/b17-10-. The molecule has 12 heteroatoms. The lowest BCUT2D eigenvalue weighted by Crippen LogP contribution is -2.13. The van der Waals surface area contributed by atoms with Crippen LogP contribution in [0.1, 0.15) is 47.6 Å². The molecule has 0 saturated heterocycles. The van der Waals surface area contributed by atoms with Gasteiger partial charge in [-0.25, -0.2) is 4.79 Å². The number of carbonyl (C=O) groups is 2. The number of benzene rings is 2. The van der Waals surface area contributed by atoms with Gasteiger partial charge in [0.2, 0.25) is 5.13 Å². The maximum atomic E-state index is 12.6. The van der Waals surface area contributed by atoms with Crippen molar-refractivity contribution in [2.45, 2.75) is 26.7 Å². The molecule has 0 aliphatic carbocycles. The Labute approximate surface area is 210 Å². The molecule has 184 valence electrons. The fourth-order valence-corrected chi connectivity index (χ4v) is 3.61. The van der Waals surface area contributed by atoms with Crippen LogP contribution >= 0.6 is 11.3 Å². The van der Waals surface area contributed by atoms with Crippen molar-refractivity contribution in [1.29, 1.82) is 5.26 Å². The lowest BCUT2D eigenvalue weighted by Gasteiger charge is -2.11. The normalized spacial score (nSPS) is 11.0. The number of aromatic nitrogens is 2. The second-order valence-corrected chi connectivity index (χ2v) is 8.57. The first-order valence-electron chi connectivity index (χ1n) is 10.7. The van der Waals surface area contributed by atoms with Crippen LogP contribution in [0.2, 0.25) is 0 Å². The first-order chi connectivity index (χ1) is 17.2. The third-order valence-electron chi connectivity index (χ3n) is 4.59. The number of esters is 1. The highest BCUT2D eigenvalue weighted by molar-refractivity contribution is 7.15. The number of carbonyl (C=O) groups excluding carboxylic acids is 2. The molecule has 0 unspecified atom stereocenters. The quantitative estimate of drug-likeness (QED) is 0.108. The number of nitrogens with one attached hydrogen (secondary N) is 1. The first kappa shape index (κ1) is 26.0. The predicted molar refractivity (Wildman–Crippen MR) is 132 cm³/mol. The highest BCUT2D eigenvalue weighted by Crippen LogP contribution is 2.31. The monoisotopic (exact) mass is 507 g/mol. The van der Waals surface area contributed by atoms with Crippen molar-refractivity contribution in [1.82, 2.24) is 10.2 Å². The van der Waals surface area contributed by atoms with Gasteiger partial charge in [0.05, 0.1) is 17.1 Å². The van der Waals surface area contributed by atoms with Crippen LogP contribution in [0.5, 0.6) is 11.5 Å². The Morgan fingerprint density at radius 2 is 2.00 bits per heavy atom. The maximum absolute atomic E-state index is 12.6. The van der Waals surface area contributed by atoms with E-state index < -0.39 is 16.8 Å². The number of non-ortho nitro benzene ring substituents is 1. The van der Waals surface area contributed by atoms with E-state index in [4.69, 9.17) is 9.47 Å². The van der Waals surface area contributed by atoms with E-state index in [1.165, 1.54) is 53.8 Å². The predicted octanol–water partition coefficient (Wildman–Crippen LogP) is 4.73. The van der Waals surface area contributed by atoms with Gasteiger partial charge >= 0.3 is 5.97 Å². The summed E-state index contributed by atoms with van der Waals surface area (Å²) in [7, 11) is 0. The zero-order valence-corrected chi connectivity index (χ0v) is 20.4. The Hall–Kier alpha value is -4.63. The number of rotatable bonds is 9. The summed E-state index contributed by atoms with van der Waals surface area (Å²) in [6, 6.07) is 11.5. The average Bonchev–Trinajstić information content (AvgIpc) is 3.33. The summed E-state index contributed by atoms with van der Waals surface area (Å²) in [4.78, 5) is 35.5. The number of hydrogen-bond donors (Lipinski definition) is 1. The van der Waals surface area contributed by atoms with Gasteiger partial charge in [-0.3, -0.25) is 20.2 Å². The Morgan fingerprint density at radius 1 is 1.22 bits per heavy atom. The number of nitro benzene ring substituents is 1. The minimum atomic E-state index is -0.808. The van der Waals surface area contributed by atoms with E-state index in [2.05, 4.69) is 15.5 Å². The topological polar surface area (TPSA) is 157 Å². The van der Waals surface area contributed by atoms with Gasteiger partial charge in [0.15, 0.2) is 11.5 Å². The van der Waals surface area contributed by atoms with Crippen LogP contribution in [-0.2, 0) is 4.79 Å². The summed E-state index contributed by atoms with van der Waals surface area (Å²) < 4.78 is 10.9. The molecule has 0 spiro atoms. The zero-order chi connectivity index (χ0) is 26.2. The van der Waals surface area contributed by atoms with Crippen LogP contribution in [0, 0.1) is 21.4 Å². The van der Waals surface area contributed by atoms with Gasteiger partial charge in [0.25, 0.3) is 11.6 Å². The van der Waals surface area contributed by atoms with Crippen LogP contribution in [0.25, 0.3) is 6.08 Å². The second-order valence-electron chi connectivity index (χ2n) is 7.56. The van der Waals surface area contributed by atoms with Gasteiger partial charge < -0.3 is 9.47 Å². The summed E-state index contributed by atoms with van der Waals surface area (Å²) in [5, 5.41) is 32.0. The molecule has 0 radical (unpaired) electrons. The molecule has 1 amide bonds. The summed E-state index contributed by atoms with van der Waals surface area (Å²) >= 11 is 1.22. The van der Waals surface area contributed by atoms with Crippen LogP contribution in [0.4, 0.5) is 10.8 Å². The number of hydrogen-bond acceptors (Lipinski definition) is 10. The Morgan fingerprint density at radius 3 is 2.64 bits per heavy atom. The fraction of sp³-hybridized carbons (Fsp3) is 0.208. The van der Waals surface area contributed by atoms with Gasteiger partial charge in [-0.15, -0.1) is 10.2 Å². The third-order valence-corrected chi connectivity index (χ3v) is 5.73. The molecule has 3 aromatic rings. The smallest absolute Gasteiger partial charge is 0.343 e. The SMILES string of the molecule is CCOc1cc(/C=C(/C#N)C(=O)Nc2nnc(C(C)C)s2)ccc1OC(=O)c1cccc([N+](=O)[O-])c1. The molecular formula is C24H21N5O6S. The molecular weight excluding hydrogens is 486 g/mol. The van der Waals surface area contributed by atoms with Crippen molar-refractivity contribution in [3.8, 4) is 17.6 Å². The van der Waals surface area contributed by atoms with E-state index in [9.17, 15) is 25.0 Å². The number of amides is 1. The van der Waals surface area contributed by atoms with E-state index >= 15 is 0 Å². The summed E-state index contributed by atoms with van der Waals surface area (Å²) in [6.45, 7) is 5.88. The number of ether oxygens (including phenoxy) is 2. The molecule has 1 heterocycles. The third kappa shape index (κ3) is 6.49. The van der Waals surface area contributed by atoms with Crippen LogP contribution in [-0.4, -0.2) is 33.6 Å². The summed E-state index contributed by atoms with van der Waals surface area (Å²) in [6.07, 6.45) is 1.36. The van der Waals surface area contributed by atoms with E-state index in [1.54, 1.807) is 6.92 Å². The molecule has 36 heavy (non-hydrogen) atoms. The number of anilines is 1. The first-order valence-corrected chi connectivity index (χ1v) is 11.5. The molecule has 0 fully saturated rings. The maximum Gasteiger partial charge on any atom is 0.343 e. The molecule has 3 rings (SSSR count). The van der Waals surface area contributed by atoms with Crippen molar-refractivity contribution < 1.29 is 24.0 Å². The largest absolute Gasteiger partial charge is 0.490 e. The minimum Gasteiger partial charge on any atom is -0.490 e. The van der Waals surface area contributed by atoms with Crippen LogP contribution in [0.15, 0.2) is 48.0 Å². The fourth-order valence-electron chi connectivity index (χ4n) is 2.87. The van der Waals surface area contributed by atoms with Gasteiger partial charge in [-0.2, -0.15) is 5.26 Å². The van der Waals surface area contributed by atoms with E-state index in [0.717, 1.165) is 11.1 Å². The van der Waals surface area contributed by atoms with Gasteiger partial charge in [-0.05, 0) is 36.8 Å². The molecule has 0 atom stereocenters. The molecule has 0 aliphatic rings. The Bertz CT molecular complexity index is 1380. The van der Waals surface area contributed by atoms with Crippen LogP contribution in [0.3, 0.4) is 0 Å². The van der Waals surface area contributed by atoms with E-state index in [0.29, 0.717) is 5.56 Å². The van der Waals surface area contributed by atoms with Crippen molar-refractivity contribution >= 4 is 40.1 Å². The number of nitriles is 1. The number of nitro groups is 1. The molecule has 11 nitrogen and oxygen atoms in total. The second kappa shape index (κ2) is 11.7. The molecule has 1 aromatic heterocycles. The molecule has 1 N–H and O–H groups in total. The van der Waals surface area contributed by atoms with Gasteiger partial charge in [0.1, 0.15) is 16.6 Å². The highest BCUT2D eigenvalue weighted by atomic mass is 32.1. The Balaban J connectivity index is 1.81. The molecule has 0 bridgehead atoms. The van der Waals surface area contributed by atoms with E-state index in [1.807, 2.05) is 19.9 Å². The summed E-state index contributed by atoms with van der Waals surface area (Å²) in [5.41, 5.74) is 0.0168. The van der Waals surface area contributed by atoms with Crippen molar-refractivity contribution in [2.24, 2.45) is 0 Å². The number of nitrogens with zero attached hydrogens (tertiary/aromatic N) is 4. The van der Waals surface area contributed by atoms with Crippen molar-refractivity contribution in [3.05, 3.63) is 74.3 Å². The van der Waals surface area contributed by atoms with Crippen LogP contribution < -0.4 is 14.8 Å². The lowest BCUT2D eigenvalue weighted by atomic mass is 10.1. The lowest BCUT2D eigenvalue weighted by molar-refractivity contribution is -0.384. The average molecular weight is 508 g/mol. The van der Waals surface area contributed by atoms with E-state index in [-0.39, 0.29) is 46.0 Å². The van der Waals surface area contributed by atoms with Gasteiger partial charge in [-0.1, -0.05) is 37.3 Å². The highest BCUT2D eigenvalue weighted by Gasteiger charge is 2.18. The molecule has 0 aliphatic heterocycles. The van der Waals surface area contributed by atoms with Crippen molar-refractivity contribution in [2.75, 3.05) is 11.9 Å². The van der Waals surface area contributed by atoms with Gasteiger partial charge in [0, 0.05) is 18.1 Å². The zero-order valence-electron chi connectivity index (χ0n) is 19.5. The summed E-state index contributed by atoms with van der Waals surface area (Å²) in [5.74, 6) is -1.04. The van der Waals surface area contributed by atoms with Crippen molar-refractivity contribution in [3.63, 3.8) is 0 Å². The Kier molecular flexibility index (Phi) is 8.43. The molecule has 2 aromatic carbocycles. The molecule has 0 saturated carbocycles. The minimum absolute atomic E-state index is 0.00337.